The molecule has 1 aromatic heterocycles. The Morgan fingerprint density at radius 2 is 1.44 bits per heavy atom. The summed E-state index contributed by atoms with van der Waals surface area (Å²) in [5, 5.41) is 9.54. The number of thioether (sulfide) groups is 1. The quantitative estimate of drug-likeness (QED) is 0.555. The van der Waals surface area contributed by atoms with Crippen molar-refractivity contribution in [2.75, 3.05) is 14.1 Å². The van der Waals surface area contributed by atoms with Gasteiger partial charge in [-0.15, -0.1) is 10.2 Å². The molecule has 0 radical (unpaired) electrons. The van der Waals surface area contributed by atoms with Gasteiger partial charge in [-0.3, -0.25) is 9.47 Å². The Bertz CT molecular complexity index is 891. The van der Waals surface area contributed by atoms with Gasteiger partial charge in [0.25, 0.3) is 0 Å². The van der Waals surface area contributed by atoms with E-state index in [1.807, 2.05) is 37.4 Å². The highest BCUT2D eigenvalue weighted by Gasteiger charge is 2.22. The van der Waals surface area contributed by atoms with E-state index in [9.17, 15) is 8.78 Å². The van der Waals surface area contributed by atoms with Gasteiger partial charge < -0.3 is 0 Å². The third-order valence-corrected chi connectivity index (χ3v) is 5.61. The molecule has 0 N–H and O–H groups in total. The van der Waals surface area contributed by atoms with Crippen molar-refractivity contribution in [2.24, 2.45) is 0 Å². The fourth-order valence-electron chi connectivity index (χ4n) is 2.65. The van der Waals surface area contributed by atoms with Gasteiger partial charge in [0.2, 0.25) is 0 Å². The summed E-state index contributed by atoms with van der Waals surface area (Å²) in [5.74, 6) is 0.232. The van der Waals surface area contributed by atoms with E-state index >= 15 is 0 Å². The molecule has 27 heavy (non-hydrogen) atoms. The van der Waals surface area contributed by atoms with Crippen molar-refractivity contribution in [2.45, 2.75) is 30.3 Å². The summed E-state index contributed by atoms with van der Waals surface area (Å²) < 4.78 is 28.5. The van der Waals surface area contributed by atoms with Crippen LogP contribution in [0, 0.1) is 11.6 Å². The second-order valence-electron chi connectivity index (χ2n) is 6.60. The molecule has 0 saturated carbocycles. The Balaban J connectivity index is 1.99. The summed E-state index contributed by atoms with van der Waals surface area (Å²) >= 11 is 1.53. The lowest BCUT2D eigenvalue weighted by Crippen LogP contribution is -2.20. The molecule has 1 heterocycles. The fraction of sp³-hybridized carbons (Fsp3) is 0.300. The van der Waals surface area contributed by atoms with Crippen LogP contribution in [0.2, 0.25) is 0 Å². The lowest BCUT2D eigenvalue weighted by molar-refractivity contribution is 0.305. The first-order chi connectivity index (χ1) is 12.9. The first-order valence-corrected chi connectivity index (χ1v) is 9.54. The Kier molecular flexibility index (Phi) is 5.92. The molecular weight excluding hydrogens is 366 g/mol. The van der Waals surface area contributed by atoms with Gasteiger partial charge in [-0.05, 0) is 69.9 Å². The van der Waals surface area contributed by atoms with Crippen LogP contribution in [0.4, 0.5) is 8.78 Å². The maximum absolute atomic E-state index is 13.4. The number of aromatic nitrogens is 3. The first kappa shape index (κ1) is 19.5. The molecule has 0 amide bonds. The van der Waals surface area contributed by atoms with E-state index in [0.29, 0.717) is 5.16 Å². The highest BCUT2D eigenvalue weighted by atomic mass is 32.2. The zero-order valence-electron chi connectivity index (χ0n) is 15.7. The van der Waals surface area contributed by atoms with E-state index in [1.54, 1.807) is 24.3 Å². The van der Waals surface area contributed by atoms with E-state index in [2.05, 4.69) is 10.2 Å². The normalized spacial score (nSPS) is 13.7. The first-order valence-electron chi connectivity index (χ1n) is 8.66. The number of hydrogen-bond acceptors (Lipinski definition) is 4. The van der Waals surface area contributed by atoms with Gasteiger partial charge in [-0.1, -0.05) is 23.9 Å². The van der Waals surface area contributed by atoms with Crippen molar-refractivity contribution in [1.82, 2.24) is 19.7 Å². The SMILES string of the molecule is C[C@H](Sc1nnc([C@@H](C)N(C)C)n1-c1ccc(F)cc1)c1ccc(F)cc1. The summed E-state index contributed by atoms with van der Waals surface area (Å²) in [6.45, 7) is 4.08. The fourth-order valence-corrected chi connectivity index (χ4v) is 3.65. The molecule has 2 atom stereocenters. The van der Waals surface area contributed by atoms with Gasteiger partial charge in [-0.2, -0.15) is 0 Å². The molecule has 0 aliphatic rings. The van der Waals surface area contributed by atoms with Gasteiger partial charge in [0, 0.05) is 10.9 Å². The van der Waals surface area contributed by atoms with Crippen LogP contribution in [0.1, 0.15) is 36.5 Å². The van der Waals surface area contributed by atoms with E-state index < -0.39 is 0 Å². The van der Waals surface area contributed by atoms with E-state index in [0.717, 1.165) is 17.1 Å². The second kappa shape index (κ2) is 8.19. The van der Waals surface area contributed by atoms with Crippen molar-refractivity contribution in [3.8, 4) is 5.69 Å². The third-order valence-electron chi connectivity index (χ3n) is 4.51. The minimum atomic E-state index is -0.289. The van der Waals surface area contributed by atoms with E-state index in [4.69, 9.17) is 0 Å². The molecule has 7 heteroatoms. The van der Waals surface area contributed by atoms with E-state index in [1.165, 1.54) is 36.0 Å². The molecule has 0 aliphatic carbocycles. The molecule has 0 saturated heterocycles. The number of benzene rings is 2. The zero-order valence-corrected chi connectivity index (χ0v) is 16.5. The molecule has 3 aromatic rings. The number of nitrogens with zero attached hydrogens (tertiary/aromatic N) is 4. The zero-order chi connectivity index (χ0) is 19.6. The minimum absolute atomic E-state index is 0.0260. The number of rotatable bonds is 6. The molecule has 142 valence electrons. The van der Waals surface area contributed by atoms with Crippen LogP contribution in [0.15, 0.2) is 53.7 Å². The standard InChI is InChI=1S/C20H22F2N4S/c1-13(25(3)4)19-23-24-20(26(19)18-11-9-17(22)10-12-18)27-14(2)15-5-7-16(21)8-6-15/h5-14H,1-4H3/t13-,14+/m1/s1. The number of halogens is 2. The highest BCUT2D eigenvalue weighted by molar-refractivity contribution is 7.99. The summed E-state index contributed by atoms with van der Waals surface area (Å²) in [5.41, 5.74) is 1.80. The summed E-state index contributed by atoms with van der Waals surface area (Å²) in [7, 11) is 3.95. The third kappa shape index (κ3) is 4.36. The Morgan fingerprint density at radius 3 is 2.00 bits per heavy atom. The molecule has 0 fully saturated rings. The lowest BCUT2D eigenvalue weighted by Gasteiger charge is -2.21. The molecule has 0 spiro atoms. The number of hydrogen-bond donors (Lipinski definition) is 0. The summed E-state index contributed by atoms with van der Waals surface area (Å²) in [6.07, 6.45) is 0. The van der Waals surface area contributed by atoms with Gasteiger partial charge in [0.05, 0.1) is 6.04 Å². The van der Waals surface area contributed by atoms with Gasteiger partial charge >= 0.3 is 0 Å². The molecule has 0 unspecified atom stereocenters. The van der Waals surface area contributed by atoms with Gasteiger partial charge in [-0.25, -0.2) is 8.78 Å². The van der Waals surface area contributed by atoms with Gasteiger partial charge in [0.15, 0.2) is 11.0 Å². The van der Waals surface area contributed by atoms with Crippen LogP contribution in [0.5, 0.6) is 0 Å². The molecule has 3 rings (SSSR count). The van der Waals surface area contributed by atoms with Crippen LogP contribution in [-0.2, 0) is 0 Å². The largest absolute Gasteiger partial charge is 0.300 e. The predicted octanol–water partition coefficient (Wildman–Crippen LogP) is 5.02. The topological polar surface area (TPSA) is 34.0 Å². The monoisotopic (exact) mass is 388 g/mol. The van der Waals surface area contributed by atoms with Gasteiger partial charge in [0.1, 0.15) is 11.6 Å². The summed E-state index contributed by atoms with van der Waals surface area (Å²) in [4.78, 5) is 2.04. The molecule has 0 aliphatic heterocycles. The van der Waals surface area contributed by atoms with E-state index in [-0.39, 0.29) is 22.9 Å². The Hall–Kier alpha value is -2.25. The van der Waals surface area contributed by atoms with Crippen LogP contribution >= 0.6 is 11.8 Å². The molecule has 0 bridgehead atoms. The van der Waals surface area contributed by atoms with Crippen molar-refractivity contribution < 1.29 is 8.78 Å². The molecule has 4 nitrogen and oxygen atoms in total. The van der Waals surface area contributed by atoms with Crippen molar-refractivity contribution in [3.05, 3.63) is 71.6 Å². The Labute approximate surface area is 162 Å². The van der Waals surface area contributed by atoms with Crippen molar-refractivity contribution in [3.63, 3.8) is 0 Å². The minimum Gasteiger partial charge on any atom is -0.300 e. The smallest absolute Gasteiger partial charge is 0.196 e. The second-order valence-corrected chi connectivity index (χ2v) is 7.91. The van der Waals surface area contributed by atoms with Crippen LogP contribution < -0.4 is 0 Å². The van der Waals surface area contributed by atoms with Crippen LogP contribution in [0.3, 0.4) is 0 Å². The molecular formula is C20H22F2N4S. The average Bonchev–Trinajstić information content (AvgIpc) is 3.05. The highest BCUT2D eigenvalue weighted by Crippen LogP contribution is 2.36. The maximum Gasteiger partial charge on any atom is 0.196 e. The molecule has 2 aromatic carbocycles. The predicted molar refractivity (Wildman–Crippen MR) is 104 cm³/mol. The lowest BCUT2D eigenvalue weighted by atomic mass is 10.2. The van der Waals surface area contributed by atoms with Crippen LogP contribution in [-0.4, -0.2) is 33.8 Å². The van der Waals surface area contributed by atoms with Crippen molar-refractivity contribution in [1.29, 1.82) is 0 Å². The Morgan fingerprint density at radius 1 is 0.889 bits per heavy atom. The summed E-state index contributed by atoms with van der Waals surface area (Å²) in [6, 6.07) is 12.8. The van der Waals surface area contributed by atoms with Crippen LogP contribution in [0.25, 0.3) is 5.69 Å². The maximum atomic E-state index is 13.4. The average molecular weight is 388 g/mol. The van der Waals surface area contributed by atoms with Crippen molar-refractivity contribution >= 4 is 11.8 Å².